The van der Waals surface area contributed by atoms with Gasteiger partial charge < -0.3 is 10.2 Å². The molecule has 1 rings (SSSR count). The summed E-state index contributed by atoms with van der Waals surface area (Å²) in [6.07, 6.45) is 5.18. The van der Waals surface area contributed by atoms with Gasteiger partial charge in [-0.1, -0.05) is 6.07 Å². The maximum Gasteiger partial charge on any atom is 0.223 e. The van der Waals surface area contributed by atoms with Gasteiger partial charge in [0.15, 0.2) is 0 Å². The van der Waals surface area contributed by atoms with Crippen molar-refractivity contribution in [1.82, 2.24) is 15.2 Å². The number of amides is 1. The van der Waals surface area contributed by atoms with E-state index in [4.69, 9.17) is 0 Å². The first-order chi connectivity index (χ1) is 8.77. The first-order valence-corrected chi connectivity index (χ1v) is 6.65. The lowest BCUT2D eigenvalue weighted by Gasteiger charge is -2.18. The van der Waals surface area contributed by atoms with E-state index < -0.39 is 0 Å². The maximum absolute atomic E-state index is 11.7. The van der Waals surface area contributed by atoms with Crippen LogP contribution in [0.5, 0.6) is 0 Å². The number of carbonyl (C=O) groups is 1. The first-order valence-electron chi connectivity index (χ1n) is 6.65. The molecule has 0 bridgehead atoms. The SMILES string of the molecule is CCN(CC)C(=O)CCNCCc1cccnc1. The highest BCUT2D eigenvalue weighted by atomic mass is 16.2. The lowest BCUT2D eigenvalue weighted by molar-refractivity contribution is -0.130. The van der Waals surface area contributed by atoms with Crippen LogP contribution in [0, 0.1) is 0 Å². The van der Waals surface area contributed by atoms with Gasteiger partial charge in [-0.05, 0) is 38.4 Å². The third-order valence-corrected chi connectivity index (χ3v) is 2.95. The molecule has 0 radical (unpaired) electrons. The average molecular weight is 249 g/mol. The Bertz CT molecular complexity index is 336. The summed E-state index contributed by atoms with van der Waals surface area (Å²) in [6, 6.07) is 4.01. The number of aromatic nitrogens is 1. The Labute approximate surface area is 109 Å². The third-order valence-electron chi connectivity index (χ3n) is 2.95. The molecule has 0 saturated carbocycles. The molecular formula is C14H23N3O. The molecule has 1 aromatic rings. The number of carbonyl (C=O) groups excluding carboxylic acids is 1. The van der Waals surface area contributed by atoms with E-state index in [1.807, 2.05) is 31.0 Å². The molecule has 18 heavy (non-hydrogen) atoms. The van der Waals surface area contributed by atoms with E-state index in [-0.39, 0.29) is 5.91 Å². The van der Waals surface area contributed by atoms with Crippen molar-refractivity contribution in [2.45, 2.75) is 26.7 Å². The summed E-state index contributed by atoms with van der Waals surface area (Å²) in [5.74, 6) is 0.230. The minimum atomic E-state index is 0.230. The number of nitrogens with one attached hydrogen (secondary N) is 1. The van der Waals surface area contributed by atoms with Crippen molar-refractivity contribution >= 4 is 5.91 Å². The molecule has 0 spiro atoms. The highest BCUT2D eigenvalue weighted by Crippen LogP contribution is 1.96. The summed E-state index contributed by atoms with van der Waals surface area (Å²) in [4.78, 5) is 17.6. The fourth-order valence-electron chi connectivity index (χ4n) is 1.83. The molecule has 1 N–H and O–H groups in total. The molecule has 4 heteroatoms. The molecule has 1 aromatic heterocycles. The molecule has 0 saturated heterocycles. The van der Waals surface area contributed by atoms with Crippen molar-refractivity contribution in [1.29, 1.82) is 0 Å². The van der Waals surface area contributed by atoms with Crippen LogP contribution in [0.2, 0.25) is 0 Å². The fraction of sp³-hybridized carbons (Fsp3) is 0.571. The van der Waals surface area contributed by atoms with Crippen LogP contribution in [-0.4, -0.2) is 42.0 Å². The summed E-state index contributed by atoms with van der Waals surface area (Å²) < 4.78 is 0. The van der Waals surface area contributed by atoms with Crippen LogP contribution in [0.3, 0.4) is 0 Å². The van der Waals surface area contributed by atoms with E-state index in [9.17, 15) is 4.79 Å². The van der Waals surface area contributed by atoms with E-state index >= 15 is 0 Å². The van der Waals surface area contributed by atoms with Crippen molar-refractivity contribution in [3.63, 3.8) is 0 Å². The molecule has 4 nitrogen and oxygen atoms in total. The van der Waals surface area contributed by atoms with Gasteiger partial charge in [-0.2, -0.15) is 0 Å². The molecule has 1 amide bonds. The van der Waals surface area contributed by atoms with Crippen LogP contribution in [0.15, 0.2) is 24.5 Å². The smallest absolute Gasteiger partial charge is 0.223 e. The van der Waals surface area contributed by atoms with Crippen molar-refractivity contribution in [3.8, 4) is 0 Å². The molecule has 0 atom stereocenters. The molecule has 0 aliphatic rings. The van der Waals surface area contributed by atoms with Gasteiger partial charge in [0, 0.05) is 38.4 Å². The van der Waals surface area contributed by atoms with E-state index in [1.54, 1.807) is 6.20 Å². The largest absolute Gasteiger partial charge is 0.343 e. The monoisotopic (exact) mass is 249 g/mol. The minimum Gasteiger partial charge on any atom is -0.343 e. The lowest BCUT2D eigenvalue weighted by atomic mass is 10.2. The topological polar surface area (TPSA) is 45.2 Å². The van der Waals surface area contributed by atoms with Crippen LogP contribution in [0.25, 0.3) is 0 Å². The van der Waals surface area contributed by atoms with Crippen LogP contribution >= 0.6 is 0 Å². The first kappa shape index (κ1) is 14.6. The normalized spacial score (nSPS) is 10.3. The second-order valence-electron chi connectivity index (χ2n) is 4.18. The predicted molar refractivity (Wildman–Crippen MR) is 73.4 cm³/mol. The third kappa shape index (κ3) is 5.27. The zero-order chi connectivity index (χ0) is 13.2. The van der Waals surface area contributed by atoms with Gasteiger partial charge in [0.25, 0.3) is 0 Å². The Morgan fingerprint density at radius 1 is 1.33 bits per heavy atom. The van der Waals surface area contributed by atoms with Gasteiger partial charge in [0.2, 0.25) is 5.91 Å². The number of rotatable bonds is 8. The molecule has 0 aliphatic heterocycles. The van der Waals surface area contributed by atoms with Gasteiger partial charge in [-0.25, -0.2) is 0 Å². The van der Waals surface area contributed by atoms with Gasteiger partial charge in [0.1, 0.15) is 0 Å². The number of nitrogens with zero attached hydrogens (tertiary/aromatic N) is 2. The van der Waals surface area contributed by atoms with Gasteiger partial charge in [-0.15, -0.1) is 0 Å². The Morgan fingerprint density at radius 2 is 2.11 bits per heavy atom. The van der Waals surface area contributed by atoms with Crippen molar-refractivity contribution in [3.05, 3.63) is 30.1 Å². The summed E-state index contributed by atoms with van der Waals surface area (Å²) in [7, 11) is 0. The summed E-state index contributed by atoms with van der Waals surface area (Å²) in [5.41, 5.74) is 1.22. The van der Waals surface area contributed by atoms with Gasteiger partial charge in [-0.3, -0.25) is 9.78 Å². The minimum absolute atomic E-state index is 0.230. The number of hydrogen-bond donors (Lipinski definition) is 1. The Kier molecular flexibility index (Phi) is 7.03. The van der Waals surface area contributed by atoms with Crippen molar-refractivity contribution < 1.29 is 4.79 Å². The molecular weight excluding hydrogens is 226 g/mol. The summed E-state index contributed by atoms with van der Waals surface area (Å²) >= 11 is 0. The average Bonchev–Trinajstić information content (AvgIpc) is 2.41. The second kappa shape index (κ2) is 8.64. The molecule has 1 heterocycles. The zero-order valence-corrected chi connectivity index (χ0v) is 11.4. The van der Waals surface area contributed by atoms with E-state index in [1.165, 1.54) is 5.56 Å². The van der Waals surface area contributed by atoms with Crippen LogP contribution in [0.1, 0.15) is 25.8 Å². The highest BCUT2D eigenvalue weighted by molar-refractivity contribution is 5.76. The predicted octanol–water partition coefficient (Wildman–Crippen LogP) is 1.47. The molecule has 0 unspecified atom stereocenters. The van der Waals surface area contributed by atoms with Crippen LogP contribution < -0.4 is 5.32 Å². The molecule has 0 fully saturated rings. The maximum atomic E-state index is 11.7. The lowest BCUT2D eigenvalue weighted by Crippen LogP contribution is -2.33. The standard InChI is InChI=1S/C14H23N3O/c1-3-17(4-2)14(18)8-11-15-10-7-13-6-5-9-16-12-13/h5-6,9,12,15H,3-4,7-8,10-11H2,1-2H3. The number of hydrogen-bond acceptors (Lipinski definition) is 3. The van der Waals surface area contributed by atoms with Crippen molar-refractivity contribution in [2.24, 2.45) is 0 Å². The van der Waals surface area contributed by atoms with E-state index in [2.05, 4.69) is 16.4 Å². The van der Waals surface area contributed by atoms with Crippen LogP contribution in [0.4, 0.5) is 0 Å². The highest BCUT2D eigenvalue weighted by Gasteiger charge is 2.07. The Hall–Kier alpha value is -1.42. The Balaban J connectivity index is 2.10. The van der Waals surface area contributed by atoms with Crippen LogP contribution in [-0.2, 0) is 11.2 Å². The molecule has 100 valence electrons. The Morgan fingerprint density at radius 3 is 2.72 bits per heavy atom. The summed E-state index contributed by atoms with van der Waals surface area (Å²) in [6.45, 7) is 7.25. The van der Waals surface area contributed by atoms with Gasteiger partial charge in [0.05, 0.1) is 0 Å². The fourth-order valence-corrected chi connectivity index (χ4v) is 1.83. The summed E-state index contributed by atoms with van der Waals surface area (Å²) in [5, 5.41) is 3.29. The zero-order valence-electron chi connectivity index (χ0n) is 11.4. The molecule has 0 aliphatic carbocycles. The molecule has 0 aromatic carbocycles. The quantitative estimate of drug-likeness (QED) is 0.710. The van der Waals surface area contributed by atoms with Gasteiger partial charge >= 0.3 is 0 Å². The van der Waals surface area contributed by atoms with Crippen molar-refractivity contribution in [2.75, 3.05) is 26.2 Å². The second-order valence-corrected chi connectivity index (χ2v) is 4.18. The van der Waals surface area contributed by atoms with E-state index in [0.29, 0.717) is 6.42 Å². The number of pyridine rings is 1. The van der Waals surface area contributed by atoms with E-state index in [0.717, 1.165) is 32.6 Å².